The quantitative estimate of drug-likeness (QED) is 0.682. The molecule has 0 unspecified atom stereocenters. The second kappa shape index (κ2) is 8.31. The van der Waals surface area contributed by atoms with Gasteiger partial charge in [-0.25, -0.2) is 0 Å². The molecule has 1 aromatic carbocycles. The fourth-order valence-electron chi connectivity index (χ4n) is 2.47. The van der Waals surface area contributed by atoms with Crippen molar-refractivity contribution in [3.63, 3.8) is 0 Å². The normalized spacial score (nSPS) is 13.9. The molecule has 0 atom stereocenters. The first-order valence-electron chi connectivity index (χ1n) is 7.90. The molecule has 1 saturated carbocycles. The van der Waals surface area contributed by atoms with Gasteiger partial charge < -0.3 is 15.7 Å². The molecule has 1 aromatic rings. The van der Waals surface area contributed by atoms with Gasteiger partial charge in [0.05, 0.1) is 6.42 Å². The fourth-order valence-corrected chi connectivity index (χ4v) is 2.47. The van der Waals surface area contributed by atoms with Crippen LogP contribution in [0, 0.1) is 5.92 Å². The summed E-state index contributed by atoms with van der Waals surface area (Å²) in [6, 6.07) is 7.01. The molecule has 1 fully saturated rings. The van der Waals surface area contributed by atoms with Crippen molar-refractivity contribution in [2.75, 3.05) is 11.9 Å². The molecular formula is C17H22N2O4. The number of anilines is 1. The molecule has 6 nitrogen and oxygen atoms in total. The molecule has 2 rings (SSSR count). The zero-order chi connectivity index (χ0) is 16.7. The molecule has 0 saturated heterocycles. The molecule has 2 amide bonds. The first kappa shape index (κ1) is 17.0. The van der Waals surface area contributed by atoms with Gasteiger partial charge in [0.2, 0.25) is 11.8 Å². The minimum Gasteiger partial charge on any atom is -0.480 e. The smallest absolute Gasteiger partial charge is 0.322 e. The molecule has 124 valence electrons. The monoisotopic (exact) mass is 318 g/mol. The number of carboxylic acid groups (broad SMARTS) is 1. The van der Waals surface area contributed by atoms with E-state index in [1.165, 1.54) is 19.3 Å². The summed E-state index contributed by atoms with van der Waals surface area (Å²) in [6.45, 7) is -0.381. The van der Waals surface area contributed by atoms with Crippen molar-refractivity contribution < 1.29 is 19.5 Å². The van der Waals surface area contributed by atoms with E-state index in [4.69, 9.17) is 5.11 Å². The molecule has 0 bridgehead atoms. The summed E-state index contributed by atoms with van der Waals surface area (Å²) in [7, 11) is 0. The van der Waals surface area contributed by atoms with Crippen molar-refractivity contribution in [2.24, 2.45) is 5.92 Å². The van der Waals surface area contributed by atoms with Crippen LogP contribution in [0.4, 0.5) is 5.69 Å². The van der Waals surface area contributed by atoms with Gasteiger partial charge in [0.1, 0.15) is 6.54 Å². The lowest BCUT2D eigenvalue weighted by atomic mass is 9.82. The van der Waals surface area contributed by atoms with Gasteiger partial charge in [-0.05, 0) is 30.0 Å². The summed E-state index contributed by atoms with van der Waals surface area (Å²) >= 11 is 0. The van der Waals surface area contributed by atoms with E-state index in [-0.39, 0.29) is 24.8 Å². The Labute approximate surface area is 135 Å². The Hall–Kier alpha value is -2.37. The molecular weight excluding hydrogens is 296 g/mol. The summed E-state index contributed by atoms with van der Waals surface area (Å²) < 4.78 is 0. The number of aliphatic carboxylic acids is 1. The van der Waals surface area contributed by atoms with Crippen LogP contribution >= 0.6 is 0 Å². The van der Waals surface area contributed by atoms with E-state index in [0.29, 0.717) is 18.0 Å². The minimum atomic E-state index is -1.07. The van der Waals surface area contributed by atoms with Crippen molar-refractivity contribution in [3.05, 3.63) is 29.8 Å². The van der Waals surface area contributed by atoms with Crippen LogP contribution in [0.2, 0.25) is 0 Å². The molecule has 0 radical (unpaired) electrons. The van der Waals surface area contributed by atoms with Crippen molar-refractivity contribution in [1.82, 2.24) is 5.32 Å². The van der Waals surface area contributed by atoms with Crippen molar-refractivity contribution in [2.45, 2.75) is 38.5 Å². The highest BCUT2D eigenvalue weighted by Gasteiger charge is 2.18. The van der Waals surface area contributed by atoms with Gasteiger partial charge in [-0.15, -0.1) is 0 Å². The number of nitrogens with one attached hydrogen (secondary N) is 2. The lowest BCUT2D eigenvalue weighted by Crippen LogP contribution is -2.30. The van der Waals surface area contributed by atoms with Crippen molar-refractivity contribution in [3.8, 4) is 0 Å². The Morgan fingerprint density at radius 2 is 1.78 bits per heavy atom. The predicted molar refractivity (Wildman–Crippen MR) is 86.0 cm³/mol. The lowest BCUT2D eigenvalue weighted by molar-refractivity contribution is -0.137. The SMILES string of the molecule is O=C(O)CNC(=O)Cc1ccc(NC(=O)CCC2CCC2)cc1. The van der Waals surface area contributed by atoms with Gasteiger partial charge >= 0.3 is 5.97 Å². The lowest BCUT2D eigenvalue weighted by Gasteiger charge is -2.24. The van der Waals surface area contributed by atoms with E-state index in [1.54, 1.807) is 24.3 Å². The van der Waals surface area contributed by atoms with Crippen LogP contribution < -0.4 is 10.6 Å². The highest BCUT2D eigenvalue weighted by Crippen LogP contribution is 2.30. The Balaban J connectivity index is 1.73. The zero-order valence-electron chi connectivity index (χ0n) is 13.0. The molecule has 0 aliphatic heterocycles. The van der Waals surface area contributed by atoms with E-state index >= 15 is 0 Å². The molecule has 0 aromatic heterocycles. The topological polar surface area (TPSA) is 95.5 Å². The largest absolute Gasteiger partial charge is 0.480 e. The van der Waals surface area contributed by atoms with E-state index < -0.39 is 5.97 Å². The molecule has 3 N–H and O–H groups in total. The summed E-state index contributed by atoms with van der Waals surface area (Å²) in [5, 5.41) is 13.6. The third-order valence-electron chi connectivity index (χ3n) is 4.04. The Morgan fingerprint density at radius 3 is 2.35 bits per heavy atom. The van der Waals surface area contributed by atoms with E-state index in [0.717, 1.165) is 12.0 Å². The summed E-state index contributed by atoms with van der Waals surface area (Å²) in [5.41, 5.74) is 1.47. The molecule has 0 spiro atoms. The maximum absolute atomic E-state index is 11.8. The average Bonchev–Trinajstić information content (AvgIpc) is 2.45. The van der Waals surface area contributed by atoms with Crippen LogP contribution in [0.25, 0.3) is 0 Å². The first-order valence-corrected chi connectivity index (χ1v) is 7.90. The van der Waals surface area contributed by atoms with Gasteiger partial charge in [-0.2, -0.15) is 0 Å². The van der Waals surface area contributed by atoms with E-state index in [1.807, 2.05) is 0 Å². The number of carboxylic acids is 1. The highest BCUT2D eigenvalue weighted by molar-refractivity contribution is 5.90. The van der Waals surface area contributed by atoms with E-state index in [9.17, 15) is 14.4 Å². The molecule has 0 heterocycles. The second-order valence-corrected chi connectivity index (χ2v) is 5.93. The number of rotatable bonds is 8. The van der Waals surface area contributed by atoms with Gasteiger partial charge in [0, 0.05) is 12.1 Å². The molecule has 6 heteroatoms. The van der Waals surface area contributed by atoms with Crippen molar-refractivity contribution >= 4 is 23.5 Å². The molecule has 1 aliphatic carbocycles. The Bertz CT molecular complexity index is 564. The predicted octanol–water partition coefficient (Wildman–Crippen LogP) is 1.95. The van der Waals surface area contributed by atoms with Gasteiger partial charge in [0.15, 0.2) is 0 Å². The summed E-state index contributed by atoms with van der Waals surface area (Å²) in [5.74, 6) is -0.681. The summed E-state index contributed by atoms with van der Waals surface area (Å²) in [4.78, 5) is 33.7. The van der Waals surface area contributed by atoms with Crippen LogP contribution in [0.3, 0.4) is 0 Å². The number of carbonyl (C=O) groups excluding carboxylic acids is 2. The van der Waals surface area contributed by atoms with Gasteiger partial charge in [-0.3, -0.25) is 14.4 Å². The first-order chi connectivity index (χ1) is 11.0. The van der Waals surface area contributed by atoms with Crippen LogP contribution in [-0.2, 0) is 20.8 Å². The summed E-state index contributed by atoms with van der Waals surface area (Å²) in [6.07, 6.45) is 5.38. The van der Waals surface area contributed by atoms with E-state index in [2.05, 4.69) is 10.6 Å². The number of amides is 2. The van der Waals surface area contributed by atoms with Crippen molar-refractivity contribution in [1.29, 1.82) is 0 Å². The van der Waals surface area contributed by atoms with Crippen LogP contribution in [0.1, 0.15) is 37.7 Å². The van der Waals surface area contributed by atoms with Gasteiger partial charge in [0.25, 0.3) is 0 Å². The third-order valence-corrected chi connectivity index (χ3v) is 4.04. The third kappa shape index (κ3) is 6.10. The molecule has 23 heavy (non-hydrogen) atoms. The van der Waals surface area contributed by atoms with Crippen LogP contribution in [0.15, 0.2) is 24.3 Å². The van der Waals surface area contributed by atoms with Crippen LogP contribution in [0.5, 0.6) is 0 Å². The maximum Gasteiger partial charge on any atom is 0.322 e. The Morgan fingerprint density at radius 1 is 1.09 bits per heavy atom. The standard InChI is InChI=1S/C17H22N2O4/c20-15(9-6-12-2-1-3-12)19-14-7-4-13(5-8-14)10-16(21)18-11-17(22)23/h4-5,7-8,12H,1-3,6,9-11H2,(H,18,21)(H,19,20)(H,22,23). The fraction of sp³-hybridized carbons (Fsp3) is 0.471. The van der Waals surface area contributed by atoms with Crippen LogP contribution in [-0.4, -0.2) is 29.4 Å². The zero-order valence-corrected chi connectivity index (χ0v) is 13.0. The number of carbonyl (C=O) groups is 3. The minimum absolute atomic E-state index is 0.0175. The number of benzene rings is 1. The highest BCUT2D eigenvalue weighted by atomic mass is 16.4. The second-order valence-electron chi connectivity index (χ2n) is 5.93. The number of hydrogen-bond acceptors (Lipinski definition) is 3. The molecule has 1 aliphatic rings. The van der Waals surface area contributed by atoms with Gasteiger partial charge in [-0.1, -0.05) is 31.4 Å². The average molecular weight is 318 g/mol. The Kier molecular flexibility index (Phi) is 6.14. The maximum atomic E-state index is 11.8. The number of hydrogen-bond donors (Lipinski definition) is 3.